The number of phenolic OH excluding ortho intramolecular Hbond substituents is 1. The fourth-order valence-corrected chi connectivity index (χ4v) is 1.09. The summed E-state index contributed by atoms with van der Waals surface area (Å²) < 4.78 is 4.45. The minimum absolute atomic E-state index is 0.0628. The number of nitrogens with zero attached hydrogens (tertiary/aromatic N) is 1. The van der Waals surface area contributed by atoms with E-state index < -0.39 is 18.6 Å². The van der Waals surface area contributed by atoms with Crippen LogP contribution >= 0.6 is 0 Å². The first-order valence-corrected chi connectivity index (χ1v) is 4.69. The number of rotatable bonds is 4. The normalized spacial score (nSPS) is 12.6. The predicted octanol–water partition coefficient (Wildman–Crippen LogP) is 0.345. The third kappa shape index (κ3) is 3.06. The summed E-state index contributed by atoms with van der Waals surface area (Å²) in [5.41, 5.74) is 0.477. The number of aliphatic hydroxyl groups is 1. The number of carbonyl (C=O) groups excluding carboxylic acids is 1. The summed E-state index contributed by atoms with van der Waals surface area (Å²) >= 11 is 0. The third-order valence-corrected chi connectivity index (χ3v) is 1.98. The maximum atomic E-state index is 11.1. The van der Waals surface area contributed by atoms with E-state index in [1.54, 1.807) is 18.2 Å². The van der Waals surface area contributed by atoms with E-state index in [0.717, 1.165) is 0 Å². The molecule has 0 aliphatic heterocycles. The van der Waals surface area contributed by atoms with Crippen LogP contribution in [0.3, 0.4) is 0 Å². The van der Waals surface area contributed by atoms with Crippen molar-refractivity contribution in [2.45, 2.75) is 6.04 Å². The lowest BCUT2D eigenvalue weighted by atomic mass is 10.2. The lowest BCUT2D eigenvalue weighted by Gasteiger charge is -2.05. The Balaban J connectivity index is 2.79. The van der Waals surface area contributed by atoms with Crippen LogP contribution in [0.5, 0.6) is 5.75 Å². The van der Waals surface area contributed by atoms with Crippen LogP contribution in [-0.2, 0) is 9.53 Å². The van der Waals surface area contributed by atoms with Gasteiger partial charge in [-0.3, -0.25) is 4.99 Å². The van der Waals surface area contributed by atoms with Gasteiger partial charge in [0, 0.05) is 11.8 Å². The fourth-order valence-electron chi connectivity index (χ4n) is 1.09. The highest BCUT2D eigenvalue weighted by Gasteiger charge is 2.15. The fraction of sp³-hybridized carbons (Fsp3) is 0.273. The van der Waals surface area contributed by atoms with Crippen LogP contribution in [0.4, 0.5) is 0 Å². The number of aliphatic imine (C=N–C) groups is 1. The minimum Gasteiger partial charge on any atom is -0.507 e. The average Bonchev–Trinajstić information content (AvgIpc) is 2.31. The molecule has 0 radical (unpaired) electrons. The number of carbonyl (C=O) groups is 1. The van der Waals surface area contributed by atoms with Crippen molar-refractivity contribution in [2.24, 2.45) is 4.99 Å². The van der Waals surface area contributed by atoms with Crippen molar-refractivity contribution in [3.8, 4) is 5.75 Å². The number of methoxy groups -OCH3 is 1. The van der Waals surface area contributed by atoms with Gasteiger partial charge in [0.1, 0.15) is 5.75 Å². The van der Waals surface area contributed by atoms with Gasteiger partial charge in [0.2, 0.25) is 0 Å². The highest BCUT2D eigenvalue weighted by atomic mass is 16.5. The van der Waals surface area contributed by atoms with Crippen LogP contribution in [0, 0.1) is 0 Å². The van der Waals surface area contributed by atoms with Crippen molar-refractivity contribution in [2.75, 3.05) is 13.7 Å². The molecule has 5 nitrogen and oxygen atoms in total. The quantitative estimate of drug-likeness (QED) is 0.570. The van der Waals surface area contributed by atoms with Crippen LogP contribution in [0.25, 0.3) is 0 Å². The molecule has 16 heavy (non-hydrogen) atoms. The topological polar surface area (TPSA) is 79.1 Å². The Bertz CT molecular complexity index is 389. The van der Waals surface area contributed by atoms with E-state index in [1.165, 1.54) is 19.4 Å². The van der Waals surface area contributed by atoms with Gasteiger partial charge < -0.3 is 14.9 Å². The summed E-state index contributed by atoms with van der Waals surface area (Å²) in [4.78, 5) is 14.9. The molecule has 0 saturated heterocycles. The Hall–Kier alpha value is -1.88. The van der Waals surface area contributed by atoms with E-state index in [0.29, 0.717) is 5.56 Å². The average molecular weight is 223 g/mol. The molecule has 0 bridgehead atoms. The van der Waals surface area contributed by atoms with Crippen LogP contribution in [0.15, 0.2) is 29.3 Å². The molecule has 0 spiro atoms. The van der Waals surface area contributed by atoms with Crippen molar-refractivity contribution in [1.29, 1.82) is 0 Å². The van der Waals surface area contributed by atoms with E-state index in [4.69, 9.17) is 5.11 Å². The molecule has 86 valence electrons. The lowest BCUT2D eigenvalue weighted by Crippen LogP contribution is -2.24. The number of hydrogen-bond donors (Lipinski definition) is 2. The number of aliphatic hydroxyl groups excluding tert-OH is 1. The zero-order chi connectivity index (χ0) is 12.0. The Kier molecular flexibility index (Phi) is 4.47. The smallest absolute Gasteiger partial charge is 0.332 e. The standard InChI is InChI=1S/C11H13NO4/c1-16-11(15)9(7-13)12-6-8-4-2-3-5-10(8)14/h2-6,9,13-14H,7H2,1H3. The van der Waals surface area contributed by atoms with E-state index in [2.05, 4.69) is 9.73 Å². The maximum absolute atomic E-state index is 11.1. The van der Waals surface area contributed by atoms with Crippen LogP contribution < -0.4 is 0 Å². The summed E-state index contributed by atoms with van der Waals surface area (Å²) in [6.45, 7) is -0.434. The van der Waals surface area contributed by atoms with Gasteiger partial charge in [0.25, 0.3) is 0 Å². The number of aromatic hydroxyl groups is 1. The highest BCUT2D eigenvalue weighted by Crippen LogP contribution is 2.13. The lowest BCUT2D eigenvalue weighted by molar-refractivity contribution is -0.142. The van der Waals surface area contributed by atoms with E-state index >= 15 is 0 Å². The molecule has 0 fully saturated rings. The molecule has 0 saturated carbocycles. The summed E-state index contributed by atoms with van der Waals surface area (Å²) in [5.74, 6) is -0.554. The van der Waals surface area contributed by atoms with Crippen LogP contribution in [0.1, 0.15) is 5.56 Å². The molecule has 1 unspecified atom stereocenters. The summed E-state index contributed by atoms with van der Waals surface area (Å²) in [6.07, 6.45) is 1.33. The molecule has 1 aromatic carbocycles. The molecule has 1 aromatic rings. The number of phenols is 1. The second-order valence-electron chi connectivity index (χ2n) is 3.06. The van der Waals surface area contributed by atoms with Gasteiger partial charge in [-0.25, -0.2) is 4.79 Å². The van der Waals surface area contributed by atoms with Crippen LogP contribution in [0.2, 0.25) is 0 Å². The van der Waals surface area contributed by atoms with Gasteiger partial charge >= 0.3 is 5.97 Å². The molecule has 0 heterocycles. The molecule has 2 N–H and O–H groups in total. The molecule has 0 aliphatic rings. The zero-order valence-corrected chi connectivity index (χ0v) is 8.83. The van der Waals surface area contributed by atoms with E-state index in [9.17, 15) is 9.90 Å². The molecule has 0 amide bonds. The molecule has 0 aliphatic carbocycles. The largest absolute Gasteiger partial charge is 0.507 e. The van der Waals surface area contributed by atoms with E-state index in [1.807, 2.05) is 0 Å². The predicted molar refractivity (Wildman–Crippen MR) is 58.6 cm³/mol. The minimum atomic E-state index is -0.954. The zero-order valence-electron chi connectivity index (χ0n) is 8.83. The number of ether oxygens (including phenoxy) is 1. The molecule has 1 rings (SSSR count). The molecular weight excluding hydrogens is 210 g/mol. The highest BCUT2D eigenvalue weighted by molar-refractivity contribution is 5.86. The Morgan fingerprint density at radius 1 is 1.56 bits per heavy atom. The van der Waals surface area contributed by atoms with Crippen molar-refractivity contribution in [3.05, 3.63) is 29.8 Å². The third-order valence-electron chi connectivity index (χ3n) is 1.98. The second-order valence-corrected chi connectivity index (χ2v) is 3.06. The number of benzene rings is 1. The first-order valence-electron chi connectivity index (χ1n) is 4.69. The SMILES string of the molecule is COC(=O)C(CO)N=Cc1ccccc1O. The van der Waals surface area contributed by atoms with Crippen molar-refractivity contribution in [1.82, 2.24) is 0 Å². The van der Waals surface area contributed by atoms with E-state index in [-0.39, 0.29) is 5.75 Å². The summed E-state index contributed by atoms with van der Waals surface area (Å²) in [6, 6.07) is 5.60. The van der Waals surface area contributed by atoms with Crippen molar-refractivity contribution >= 4 is 12.2 Å². The second kappa shape index (κ2) is 5.87. The van der Waals surface area contributed by atoms with Gasteiger partial charge in [-0.2, -0.15) is 0 Å². The molecule has 0 aromatic heterocycles. The van der Waals surface area contributed by atoms with Gasteiger partial charge in [-0.1, -0.05) is 12.1 Å². The van der Waals surface area contributed by atoms with Crippen LogP contribution in [-0.4, -0.2) is 42.2 Å². The Morgan fingerprint density at radius 3 is 2.81 bits per heavy atom. The Labute approximate surface area is 93.0 Å². The number of hydrogen-bond acceptors (Lipinski definition) is 5. The monoisotopic (exact) mass is 223 g/mol. The molecular formula is C11H13NO4. The van der Waals surface area contributed by atoms with Gasteiger partial charge in [0.05, 0.1) is 13.7 Å². The van der Waals surface area contributed by atoms with Crippen molar-refractivity contribution in [3.63, 3.8) is 0 Å². The first-order chi connectivity index (χ1) is 7.69. The molecule has 1 atom stereocenters. The van der Waals surface area contributed by atoms with Gasteiger partial charge in [-0.15, -0.1) is 0 Å². The number of para-hydroxylation sites is 1. The van der Waals surface area contributed by atoms with Gasteiger partial charge in [0.15, 0.2) is 6.04 Å². The number of esters is 1. The first kappa shape index (κ1) is 12.2. The maximum Gasteiger partial charge on any atom is 0.332 e. The Morgan fingerprint density at radius 2 is 2.25 bits per heavy atom. The summed E-state index contributed by atoms with van der Waals surface area (Å²) in [5, 5.41) is 18.3. The van der Waals surface area contributed by atoms with Crippen molar-refractivity contribution < 1.29 is 19.7 Å². The molecule has 5 heteroatoms. The summed E-state index contributed by atoms with van der Waals surface area (Å²) in [7, 11) is 1.22. The van der Waals surface area contributed by atoms with Gasteiger partial charge in [-0.05, 0) is 12.1 Å².